The van der Waals surface area contributed by atoms with Gasteiger partial charge in [0.1, 0.15) is 19.0 Å². The summed E-state index contributed by atoms with van der Waals surface area (Å²) in [6.45, 7) is 4.30. The molecule has 0 radical (unpaired) electrons. The van der Waals surface area contributed by atoms with E-state index in [1.165, 1.54) is 30.7 Å². The largest absolute Gasteiger partial charge is 0.463 e. The fraction of sp³-hybridized carbons (Fsp3) is 0.500. The maximum Gasteiger partial charge on any atom is 0.310 e. The minimum Gasteiger partial charge on any atom is -0.463 e. The number of benzene rings is 2. The lowest BCUT2D eigenvalue weighted by molar-refractivity contribution is -0.145. The van der Waals surface area contributed by atoms with Crippen LogP contribution in [0, 0.1) is 5.82 Å². The number of hydrogen-bond donors (Lipinski definition) is 0. The van der Waals surface area contributed by atoms with E-state index in [2.05, 4.69) is 0 Å². The molecule has 4 rings (SSSR count). The zero-order chi connectivity index (χ0) is 34.1. The number of rotatable bonds is 21. The van der Waals surface area contributed by atoms with E-state index in [1.54, 1.807) is 12.3 Å². The minimum atomic E-state index is -1.07. The highest BCUT2D eigenvalue weighted by Crippen LogP contribution is 2.44. The summed E-state index contributed by atoms with van der Waals surface area (Å²) in [5.74, 6) is 0.271. The van der Waals surface area contributed by atoms with Crippen LogP contribution in [0.4, 0.5) is 4.39 Å². The lowest BCUT2D eigenvalue weighted by Gasteiger charge is -2.09. The molecule has 1 fully saturated rings. The highest BCUT2D eigenvalue weighted by molar-refractivity contribution is 8.77. The normalized spacial score (nSPS) is 17.1. The first-order valence-electron chi connectivity index (χ1n) is 16.3. The Morgan fingerprint density at radius 1 is 0.875 bits per heavy atom. The van der Waals surface area contributed by atoms with Crippen molar-refractivity contribution in [2.24, 2.45) is 0 Å². The molecule has 48 heavy (non-hydrogen) atoms. The van der Waals surface area contributed by atoms with Crippen molar-refractivity contribution < 1.29 is 41.9 Å². The molecule has 0 spiro atoms. The smallest absolute Gasteiger partial charge is 0.310 e. The molecule has 1 heterocycles. The average Bonchev–Trinajstić information content (AvgIpc) is 3.68. The van der Waals surface area contributed by atoms with Crippen molar-refractivity contribution >= 4 is 61.5 Å². The summed E-state index contributed by atoms with van der Waals surface area (Å²) < 4.78 is 53.0. The number of carbonyl (C=O) groups is 2. The standard InChI is InChI=1S/C36H45FO8S3/c1-26-32(23-27-7-10-30(11-8-27)48(2)40)31-12-9-28(37)24-34(31)33(26)25-36(39)45-21-19-43-17-15-41-14-16-42-18-20-44-35(38)6-4-3-5-29-13-22-46-47-29/h7-12,23-24,29H,3-6,13-22,25H2,1-2H3. The van der Waals surface area contributed by atoms with E-state index in [0.717, 1.165) is 50.8 Å². The molecule has 2 atom stereocenters. The summed E-state index contributed by atoms with van der Waals surface area (Å²) in [5.41, 5.74) is 4.96. The maximum absolute atomic E-state index is 14.2. The van der Waals surface area contributed by atoms with E-state index in [9.17, 15) is 18.2 Å². The molecule has 0 N–H and O–H groups in total. The van der Waals surface area contributed by atoms with Gasteiger partial charge in [0.25, 0.3) is 0 Å². The van der Waals surface area contributed by atoms with Gasteiger partial charge in [-0.1, -0.05) is 46.2 Å². The highest BCUT2D eigenvalue weighted by atomic mass is 33.1. The van der Waals surface area contributed by atoms with Crippen molar-refractivity contribution in [3.05, 3.63) is 70.5 Å². The molecule has 2 aliphatic rings. The third-order valence-electron chi connectivity index (χ3n) is 7.91. The minimum absolute atomic E-state index is 0.00867. The lowest BCUT2D eigenvalue weighted by atomic mass is 10.0. The first-order chi connectivity index (χ1) is 23.3. The molecular formula is C36H45FO8S3. The lowest BCUT2D eigenvalue weighted by Crippen LogP contribution is -2.15. The molecule has 2 aromatic carbocycles. The summed E-state index contributed by atoms with van der Waals surface area (Å²) in [6, 6.07) is 12.0. The fourth-order valence-electron chi connectivity index (χ4n) is 5.35. The van der Waals surface area contributed by atoms with Crippen LogP contribution < -0.4 is 0 Å². The van der Waals surface area contributed by atoms with Crippen LogP contribution in [0.25, 0.3) is 17.2 Å². The summed E-state index contributed by atoms with van der Waals surface area (Å²) in [6.07, 6.45) is 8.48. The Hall–Kier alpha value is -2.48. The van der Waals surface area contributed by atoms with E-state index >= 15 is 0 Å². The number of carbonyl (C=O) groups excluding carboxylic acids is 2. The molecule has 12 heteroatoms. The van der Waals surface area contributed by atoms with Gasteiger partial charge in [0, 0.05) is 39.4 Å². The second-order valence-electron chi connectivity index (χ2n) is 11.4. The zero-order valence-corrected chi connectivity index (χ0v) is 30.1. The molecule has 0 amide bonds. The molecule has 2 aromatic rings. The van der Waals surface area contributed by atoms with Crippen LogP contribution in [-0.4, -0.2) is 86.3 Å². The summed E-state index contributed by atoms with van der Waals surface area (Å²) in [5, 5.41) is 0.743. The molecule has 2 unspecified atom stereocenters. The molecule has 0 bridgehead atoms. The van der Waals surface area contributed by atoms with Crippen LogP contribution in [0.15, 0.2) is 52.9 Å². The van der Waals surface area contributed by atoms with Crippen LogP contribution in [0.1, 0.15) is 62.1 Å². The van der Waals surface area contributed by atoms with E-state index in [0.29, 0.717) is 45.0 Å². The number of esters is 2. The second kappa shape index (κ2) is 20.9. The van der Waals surface area contributed by atoms with Gasteiger partial charge in [0.15, 0.2) is 0 Å². The Balaban J connectivity index is 1.05. The van der Waals surface area contributed by atoms with Crippen LogP contribution in [0.2, 0.25) is 0 Å². The number of halogens is 1. The molecule has 0 saturated carbocycles. The van der Waals surface area contributed by atoms with Crippen molar-refractivity contribution in [1.29, 1.82) is 0 Å². The third kappa shape index (κ3) is 12.8. The van der Waals surface area contributed by atoms with Gasteiger partial charge in [-0.3, -0.25) is 13.8 Å². The summed E-state index contributed by atoms with van der Waals surface area (Å²) in [4.78, 5) is 25.3. The molecule has 1 aliphatic carbocycles. The van der Waals surface area contributed by atoms with Gasteiger partial charge in [0.2, 0.25) is 0 Å². The number of fused-ring (bicyclic) bond motifs is 1. The number of ether oxygens (including phenoxy) is 5. The van der Waals surface area contributed by atoms with Gasteiger partial charge in [0.05, 0.1) is 46.1 Å². The Labute approximate surface area is 293 Å². The first kappa shape index (κ1) is 38.3. The topological polar surface area (TPSA) is 97.4 Å². The number of hydrogen-bond acceptors (Lipinski definition) is 10. The van der Waals surface area contributed by atoms with Gasteiger partial charge < -0.3 is 23.7 Å². The van der Waals surface area contributed by atoms with Gasteiger partial charge in [-0.15, -0.1) is 0 Å². The van der Waals surface area contributed by atoms with E-state index in [1.807, 2.05) is 58.9 Å². The van der Waals surface area contributed by atoms with Crippen molar-refractivity contribution in [1.82, 2.24) is 0 Å². The van der Waals surface area contributed by atoms with E-state index in [4.69, 9.17) is 23.7 Å². The Morgan fingerprint density at radius 3 is 2.15 bits per heavy atom. The van der Waals surface area contributed by atoms with Crippen molar-refractivity contribution in [3.63, 3.8) is 0 Å². The average molecular weight is 721 g/mol. The quantitative estimate of drug-likeness (QED) is 0.0753. The molecule has 262 valence electrons. The maximum atomic E-state index is 14.2. The summed E-state index contributed by atoms with van der Waals surface area (Å²) >= 11 is 0. The van der Waals surface area contributed by atoms with E-state index < -0.39 is 16.8 Å². The second-order valence-corrected chi connectivity index (χ2v) is 15.6. The van der Waals surface area contributed by atoms with Gasteiger partial charge in [-0.25, -0.2) is 4.39 Å². The predicted octanol–water partition coefficient (Wildman–Crippen LogP) is 7.13. The fourth-order valence-corrected chi connectivity index (χ4v) is 8.89. The molecule has 1 saturated heterocycles. The molecule has 1 aliphatic heterocycles. The molecule has 8 nitrogen and oxygen atoms in total. The van der Waals surface area contributed by atoms with E-state index in [-0.39, 0.29) is 38.0 Å². The highest BCUT2D eigenvalue weighted by Gasteiger charge is 2.26. The van der Waals surface area contributed by atoms with Gasteiger partial charge >= 0.3 is 11.9 Å². The molecular weight excluding hydrogens is 676 g/mol. The van der Waals surface area contributed by atoms with Gasteiger partial charge in [-0.2, -0.15) is 0 Å². The van der Waals surface area contributed by atoms with Crippen molar-refractivity contribution in [3.8, 4) is 0 Å². The van der Waals surface area contributed by atoms with Crippen LogP contribution >= 0.6 is 21.6 Å². The predicted molar refractivity (Wildman–Crippen MR) is 192 cm³/mol. The summed E-state index contributed by atoms with van der Waals surface area (Å²) in [7, 11) is 2.85. The van der Waals surface area contributed by atoms with Crippen LogP contribution in [0.5, 0.6) is 0 Å². The Bertz CT molecular complexity index is 1440. The molecule has 0 aromatic heterocycles. The Kier molecular flexibility index (Phi) is 16.7. The van der Waals surface area contributed by atoms with Crippen LogP contribution in [0.3, 0.4) is 0 Å². The van der Waals surface area contributed by atoms with Crippen molar-refractivity contribution in [2.45, 2.75) is 55.6 Å². The SMILES string of the molecule is CC1=C(CC(=O)OCCOCCOCCOCCOC(=O)CCCCC2CCSS2)c2cc(F)ccc2C1=Cc1ccc(S(C)=O)cc1. The zero-order valence-electron chi connectivity index (χ0n) is 27.7. The third-order valence-corrected chi connectivity index (χ3v) is 11.9. The first-order valence-corrected chi connectivity index (χ1v) is 20.2. The van der Waals surface area contributed by atoms with Crippen molar-refractivity contribution in [2.75, 3.05) is 64.9 Å². The van der Waals surface area contributed by atoms with Gasteiger partial charge in [-0.05, 0) is 89.9 Å². The monoisotopic (exact) mass is 720 g/mol. The Morgan fingerprint density at radius 2 is 1.52 bits per heavy atom. The van der Waals surface area contributed by atoms with Crippen LogP contribution in [-0.2, 0) is 44.1 Å². The number of allylic oxidation sites excluding steroid dienone is 2. The number of unbranched alkanes of at least 4 members (excludes halogenated alkanes) is 1.